The van der Waals surface area contributed by atoms with Crippen molar-refractivity contribution in [3.63, 3.8) is 0 Å². The van der Waals surface area contributed by atoms with Crippen LogP contribution in [0.3, 0.4) is 0 Å². The van der Waals surface area contributed by atoms with E-state index in [4.69, 9.17) is 0 Å². The summed E-state index contributed by atoms with van der Waals surface area (Å²) in [5.74, 6) is -0.289. The number of aromatic nitrogens is 2. The monoisotopic (exact) mass is 345 g/mol. The maximum absolute atomic E-state index is 13.3. The molecule has 6 nitrogen and oxygen atoms in total. The van der Waals surface area contributed by atoms with E-state index in [1.54, 1.807) is 29.2 Å². The van der Waals surface area contributed by atoms with Gasteiger partial charge in [-0.2, -0.15) is 5.10 Å². The Kier molecular flexibility index (Phi) is 5.45. The fraction of sp³-hybridized carbons (Fsp3) is 0.444. The van der Waals surface area contributed by atoms with Gasteiger partial charge < -0.3 is 10.2 Å². The molecule has 25 heavy (non-hydrogen) atoms. The van der Waals surface area contributed by atoms with Crippen molar-refractivity contribution in [2.24, 2.45) is 0 Å². The average molecular weight is 345 g/mol. The number of rotatable bonds is 6. The number of halogens is 1. The van der Waals surface area contributed by atoms with E-state index < -0.39 is 0 Å². The van der Waals surface area contributed by atoms with Crippen LogP contribution in [0.2, 0.25) is 0 Å². The molecule has 2 heterocycles. The first-order valence-electron chi connectivity index (χ1n) is 8.46. The van der Waals surface area contributed by atoms with Crippen molar-refractivity contribution in [3.8, 4) is 5.69 Å². The summed E-state index contributed by atoms with van der Waals surface area (Å²) >= 11 is 0. The standard InChI is InChI=1S/C18H24FN5O/c1-22(2)17-6-7-23(12-17)13-18(25)20-9-14-10-21-24(11-14)16-5-3-4-15(19)8-16/h3-5,8,10-11,17H,6-7,9,12-13H2,1-2H3,(H,20,25). The Hall–Kier alpha value is -2.25. The second kappa shape index (κ2) is 7.76. The van der Waals surface area contributed by atoms with Gasteiger partial charge in [0.25, 0.3) is 0 Å². The number of carbonyl (C=O) groups excluding carboxylic acids is 1. The van der Waals surface area contributed by atoms with E-state index in [9.17, 15) is 9.18 Å². The number of carbonyl (C=O) groups is 1. The lowest BCUT2D eigenvalue weighted by atomic mass is 10.2. The molecule has 1 atom stereocenters. The fourth-order valence-electron chi connectivity index (χ4n) is 3.05. The minimum atomic E-state index is -0.301. The summed E-state index contributed by atoms with van der Waals surface area (Å²) in [6.07, 6.45) is 4.58. The molecular formula is C18H24FN5O. The molecule has 1 amide bonds. The largest absolute Gasteiger partial charge is 0.351 e. The first-order chi connectivity index (χ1) is 12.0. The van der Waals surface area contributed by atoms with E-state index in [0.717, 1.165) is 25.1 Å². The number of nitrogens with zero attached hydrogens (tertiary/aromatic N) is 4. The first-order valence-corrected chi connectivity index (χ1v) is 8.46. The minimum Gasteiger partial charge on any atom is -0.351 e. The summed E-state index contributed by atoms with van der Waals surface area (Å²) in [5, 5.41) is 7.15. The number of amides is 1. The van der Waals surface area contributed by atoms with Crippen molar-refractivity contribution in [2.75, 3.05) is 33.7 Å². The van der Waals surface area contributed by atoms with Crippen LogP contribution in [-0.4, -0.2) is 65.3 Å². The number of likely N-dealkylation sites (tertiary alicyclic amines) is 1. The molecular weight excluding hydrogens is 321 g/mol. The van der Waals surface area contributed by atoms with Gasteiger partial charge in [0.2, 0.25) is 5.91 Å². The Bertz CT molecular complexity index is 730. The molecule has 1 fully saturated rings. The summed E-state index contributed by atoms with van der Waals surface area (Å²) in [5.41, 5.74) is 1.54. The van der Waals surface area contributed by atoms with Crippen molar-refractivity contribution >= 4 is 5.91 Å². The predicted molar refractivity (Wildman–Crippen MR) is 93.9 cm³/mol. The molecule has 1 N–H and O–H groups in total. The summed E-state index contributed by atoms with van der Waals surface area (Å²) in [6.45, 7) is 2.72. The highest BCUT2D eigenvalue weighted by Crippen LogP contribution is 2.13. The van der Waals surface area contributed by atoms with Crippen molar-refractivity contribution in [3.05, 3.63) is 48.0 Å². The zero-order valence-electron chi connectivity index (χ0n) is 14.7. The van der Waals surface area contributed by atoms with E-state index in [2.05, 4.69) is 34.3 Å². The zero-order valence-corrected chi connectivity index (χ0v) is 14.7. The number of likely N-dealkylation sites (N-methyl/N-ethyl adjacent to an activating group) is 1. The van der Waals surface area contributed by atoms with Gasteiger partial charge in [0.05, 0.1) is 18.4 Å². The molecule has 0 spiro atoms. The zero-order chi connectivity index (χ0) is 17.8. The van der Waals surface area contributed by atoms with Crippen molar-refractivity contribution in [2.45, 2.75) is 19.0 Å². The van der Waals surface area contributed by atoms with Gasteiger partial charge in [0, 0.05) is 37.4 Å². The quantitative estimate of drug-likeness (QED) is 0.857. The van der Waals surface area contributed by atoms with Gasteiger partial charge in [-0.15, -0.1) is 0 Å². The minimum absolute atomic E-state index is 0.0120. The van der Waals surface area contributed by atoms with Crippen LogP contribution in [0, 0.1) is 5.82 Å². The molecule has 0 bridgehead atoms. The number of benzene rings is 1. The van der Waals surface area contributed by atoms with Crippen LogP contribution in [0.25, 0.3) is 5.69 Å². The van der Waals surface area contributed by atoms with Gasteiger partial charge in [0.15, 0.2) is 0 Å². The summed E-state index contributed by atoms with van der Waals surface area (Å²) < 4.78 is 14.9. The van der Waals surface area contributed by atoms with Crippen molar-refractivity contribution in [1.82, 2.24) is 24.9 Å². The highest BCUT2D eigenvalue weighted by molar-refractivity contribution is 5.78. The van der Waals surface area contributed by atoms with Gasteiger partial charge in [-0.1, -0.05) is 6.07 Å². The Morgan fingerprint density at radius 1 is 1.44 bits per heavy atom. The molecule has 3 rings (SSSR count). The SMILES string of the molecule is CN(C)C1CCN(CC(=O)NCc2cnn(-c3cccc(F)c3)c2)C1. The average Bonchev–Trinajstić information content (AvgIpc) is 3.22. The topological polar surface area (TPSA) is 53.4 Å². The summed E-state index contributed by atoms with van der Waals surface area (Å²) in [7, 11) is 4.15. The molecule has 1 aliphatic heterocycles. The van der Waals surface area contributed by atoms with Crippen LogP contribution in [0.4, 0.5) is 4.39 Å². The molecule has 0 aliphatic carbocycles. The Morgan fingerprint density at radius 2 is 2.28 bits per heavy atom. The van der Waals surface area contributed by atoms with Crippen LogP contribution in [0.5, 0.6) is 0 Å². The Morgan fingerprint density at radius 3 is 3.00 bits per heavy atom. The van der Waals surface area contributed by atoms with Gasteiger partial charge in [-0.05, 0) is 38.7 Å². The predicted octanol–water partition coefficient (Wildman–Crippen LogP) is 1.26. The maximum Gasteiger partial charge on any atom is 0.234 e. The molecule has 1 aromatic heterocycles. The molecule has 1 aromatic carbocycles. The lowest BCUT2D eigenvalue weighted by molar-refractivity contribution is -0.122. The lowest BCUT2D eigenvalue weighted by Gasteiger charge is -2.19. The number of nitrogens with one attached hydrogen (secondary N) is 1. The third kappa shape index (κ3) is 4.64. The Balaban J connectivity index is 1.48. The molecule has 1 unspecified atom stereocenters. The van der Waals surface area contributed by atoms with E-state index in [1.807, 2.05) is 0 Å². The smallest absolute Gasteiger partial charge is 0.234 e. The van der Waals surface area contributed by atoms with Crippen LogP contribution in [-0.2, 0) is 11.3 Å². The highest BCUT2D eigenvalue weighted by Gasteiger charge is 2.25. The van der Waals surface area contributed by atoms with E-state index >= 15 is 0 Å². The first kappa shape index (κ1) is 17.6. The number of hydrogen-bond acceptors (Lipinski definition) is 4. The van der Waals surface area contributed by atoms with Crippen LogP contribution in [0.15, 0.2) is 36.7 Å². The number of hydrogen-bond donors (Lipinski definition) is 1. The lowest BCUT2D eigenvalue weighted by Crippen LogP contribution is -2.38. The second-order valence-corrected chi connectivity index (χ2v) is 6.69. The molecule has 0 radical (unpaired) electrons. The summed E-state index contributed by atoms with van der Waals surface area (Å²) in [4.78, 5) is 16.5. The second-order valence-electron chi connectivity index (χ2n) is 6.69. The van der Waals surface area contributed by atoms with E-state index in [-0.39, 0.29) is 11.7 Å². The molecule has 134 valence electrons. The van der Waals surface area contributed by atoms with Crippen LogP contribution >= 0.6 is 0 Å². The van der Waals surface area contributed by atoms with Gasteiger partial charge >= 0.3 is 0 Å². The van der Waals surface area contributed by atoms with Crippen molar-refractivity contribution < 1.29 is 9.18 Å². The van der Waals surface area contributed by atoms with E-state index in [0.29, 0.717) is 24.8 Å². The third-order valence-electron chi connectivity index (χ3n) is 4.54. The normalized spacial score (nSPS) is 18.0. The molecule has 0 saturated carbocycles. The van der Waals surface area contributed by atoms with Crippen molar-refractivity contribution in [1.29, 1.82) is 0 Å². The third-order valence-corrected chi connectivity index (χ3v) is 4.54. The molecule has 7 heteroatoms. The Labute approximate surface area is 147 Å². The fourth-order valence-corrected chi connectivity index (χ4v) is 3.05. The van der Waals surface area contributed by atoms with Gasteiger partial charge in [0.1, 0.15) is 5.82 Å². The molecule has 1 aliphatic rings. The maximum atomic E-state index is 13.3. The van der Waals surface area contributed by atoms with Gasteiger partial charge in [-0.3, -0.25) is 9.69 Å². The van der Waals surface area contributed by atoms with E-state index in [1.165, 1.54) is 12.1 Å². The summed E-state index contributed by atoms with van der Waals surface area (Å²) in [6, 6.07) is 6.77. The molecule has 1 saturated heterocycles. The van der Waals surface area contributed by atoms with Crippen LogP contribution in [0.1, 0.15) is 12.0 Å². The molecule has 2 aromatic rings. The van der Waals surface area contributed by atoms with Gasteiger partial charge in [-0.25, -0.2) is 9.07 Å². The van der Waals surface area contributed by atoms with Crippen LogP contribution < -0.4 is 5.32 Å². The highest BCUT2D eigenvalue weighted by atomic mass is 19.1.